The van der Waals surface area contributed by atoms with Gasteiger partial charge in [0.15, 0.2) is 5.76 Å². The van der Waals surface area contributed by atoms with E-state index in [2.05, 4.69) is 12.2 Å². The summed E-state index contributed by atoms with van der Waals surface area (Å²) in [4.78, 5) is 12.2. The van der Waals surface area contributed by atoms with Crippen LogP contribution >= 0.6 is 0 Å². The minimum Gasteiger partial charge on any atom is -0.451 e. The maximum atomic E-state index is 12.2. The molecule has 1 aromatic heterocycles. The monoisotopic (exact) mass is 272 g/mol. The fraction of sp³-hybridized carbons (Fsp3) is 0.438. The molecule has 1 amide bonds. The van der Waals surface area contributed by atoms with Crippen molar-refractivity contribution in [1.82, 2.24) is 5.32 Å². The second kappa shape index (κ2) is 5.19. The average Bonchev–Trinajstić information content (AvgIpc) is 2.81. The summed E-state index contributed by atoms with van der Waals surface area (Å²) in [5.41, 5.74) is 7.10. The first-order chi connectivity index (χ1) is 9.61. The number of rotatable bonds is 2. The summed E-state index contributed by atoms with van der Waals surface area (Å²) < 4.78 is 5.59. The smallest absolute Gasteiger partial charge is 0.287 e. The number of anilines is 1. The molecule has 1 aromatic carbocycles. The molecule has 1 aliphatic carbocycles. The molecule has 3 N–H and O–H groups in total. The van der Waals surface area contributed by atoms with Gasteiger partial charge in [0, 0.05) is 17.1 Å². The van der Waals surface area contributed by atoms with Gasteiger partial charge in [-0.3, -0.25) is 4.79 Å². The van der Waals surface area contributed by atoms with Crippen LogP contribution in [-0.4, -0.2) is 11.9 Å². The minimum absolute atomic E-state index is 0.126. The van der Waals surface area contributed by atoms with Crippen LogP contribution < -0.4 is 11.1 Å². The summed E-state index contributed by atoms with van der Waals surface area (Å²) in [5.74, 6) is 0.923. The van der Waals surface area contributed by atoms with Crippen LogP contribution in [0, 0.1) is 5.92 Å². The quantitative estimate of drug-likeness (QED) is 0.824. The van der Waals surface area contributed by atoms with E-state index in [9.17, 15) is 4.79 Å². The number of furan rings is 1. The number of nitrogens with two attached hydrogens (primary N) is 1. The third-order valence-corrected chi connectivity index (χ3v) is 4.04. The van der Waals surface area contributed by atoms with E-state index in [1.54, 1.807) is 18.2 Å². The van der Waals surface area contributed by atoms with Crippen molar-refractivity contribution >= 4 is 22.6 Å². The second-order valence-corrected chi connectivity index (χ2v) is 5.85. The molecule has 106 valence electrons. The van der Waals surface area contributed by atoms with Gasteiger partial charge in [-0.2, -0.15) is 0 Å². The van der Waals surface area contributed by atoms with E-state index in [1.807, 2.05) is 6.07 Å². The second-order valence-electron chi connectivity index (χ2n) is 5.85. The van der Waals surface area contributed by atoms with Gasteiger partial charge in [0.25, 0.3) is 5.91 Å². The molecule has 0 aliphatic heterocycles. The number of fused-ring (bicyclic) bond motifs is 1. The Hall–Kier alpha value is -1.97. The molecule has 1 saturated carbocycles. The van der Waals surface area contributed by atoms with Crippen LogP contribution in [0.1, 0.15) is 43.2 Å². The zero-order valence-corrected chi connectivity index (χ0v) is 11.7. The van der Waals surface area contributed by atoms with Crippen LogP contribution in [0.25, 0.3) is 11.0 Å². The maximum Gasteiger partial charge on any atom is 0.287 e. The SMILES string of the molecule is CC1CCCC(NC(=O)c2cc3cc(N)ccc3o2)C1. The highest BCUT2D eigenvalue weighted by Crippen LogP contribution is 2.25. The Labute approximate surface area is 118 Å². The van der Waals surface area contributed by atoms with Gasteiger partial charge in [0.2, 0.25) is 0 Å². The molecule has 4 nitrogen and oxygen atoms in total. The summed E-state index contributed by atoms with van der Waals surface area (Å²) in [7, 11) is 0. The van der Waals surface area contributed by atoms with Crippen LogP contribution in [0.2, 0.25) is 0 Å². The highest BCUT2D eigenvalue weighted by Gasteiger charge is 2.22. The lowest BCUT2D eigenvalue weighted by Crippen LogP contribution is -2.37. The Balaban J connectivity index is 1.75. The highest BCUT2D eigenvalue weighted by atomic mass is 16.3. The van der Waals surface area contributed by atoms with Crippen molar-refractivity contribution in [3.63, 3.8) is 0 Å². The summed E-state index contributed by atoms with van der Waals surface area (Å²) in [6.45, 7) is 2.24. The fourth-order valence-electron chi connectivity index (χ4n) is 3.00. The van der Waals surface area contributed by atoms with Crippen LogP contribution in [0.4, 0.5) is 5.69 Å². The first-order valence-corrected chi connectivity index (χ1v) is 7.22. The molecule has 1 fully saturated rings. The van der Waals surface area contributed by atoms with Gasteiger partial charge in [-0.05, 0) is 43.0 Å². The van der Waals surface area contributed by atoms with Gasteiger partial charge in [-0.1, -0.05) is 19.8 Å². The lowest BCUT2D eigenvalue weighted by molar-refractivity contribution is 0.0895. The van der Waals surface area contributed by atoms with Crippen molar-refractivity contribution in [2.75, 3.05) is 5.73 Å². The lowest BCUT2D eigenvalue weighted by atomic mass is 9.87. The normalized spacial score (nSPS) is 22.9. The fourth-order valence-corrected chi connectivity index (χ4v) is 3.00. The van der Waals surface area contributed by atoms with Crippen molar-refractivity contribution in [2.45, 2.75) is 38.6 Å². The van der Waals surface area contributed by atoms with E-state index in [-0.39, 0.29) is 11.9 Å². The van der Waals surface area contributed by atoms with Crippen molar-refractivity contribution in [2.24, 2.45) is 5.92 Å². The van der Waals surface area contributed by atoms with E-state index in [0.29, 0.717) is 22.9 Å². The van der Waals surface area contributed by atoms with Gasteiger partial charge in [0.05, 0.1) is 0 Å². The number of carbonyl (C=O) groups excluding carboxylic acids is 1. The molecule has 4 heteroatoms. The Morgan fingerprint density at radius 1 is 1.35 bits per heavy atom. The zero-order chi connectivity index (χ0) is 14.1. The van der Waals surface area contributed by atoms with Crippen molar-refractivity contribution in [1.29, 1.82) is 0 Å². The molecule has 1 aliphatic rings. The first kappa shape index (κ1) is 13.0. The molecule has 20 heavy (non-hydrogen) atoms. The number of nitrogens with one attached hydrogen (secondary N) is 1. The molecular weight excluding hydrogens is 252 g/mol. The summed E-state index contributed by atoms with van der Waals surface area (Å²) >= 11 is 0. The van der Waals surface area contributed by atoms with Gasteiger partial charge in [-0.25, -0.2) is 0 Å². The average molecular weight is 272 g/mol. The minimum atomic E-state index is -0.126. The van der Waals surface area contributed by atoms with Gasteiger partial charge >= 0.3 is 0 Å². The molecule has 0 spiro atoms. The Morgan fingerprint density at radius 2 is 2.20 bits per heavy atom. The number of benzene rings is 1. The van der Waals surface area contributed by atoms with E-state index in [1.165, 1.54) is 12.8 Å². The largest absolute Gasteiger partial charge is 0.451 e. The van der Waals surface area contributed by atoms with E-state index < -0.39 is 0 Å². The van der Waals surface area contributed by atoms with E-state index in [4.69, 9.17) is 10.2 Å². The third kappa shape index (κ3) is 2.64. The Bertz CT molecular complexity index is 632. The zero-order valence-electron chi connectivity index (χ0n) is 11.7. The number of amides is 1. The third-order valence-electron chi connectivity index (χ3n) is 4.04. The highest BCUT2D eigenvalue weighted by molar-refractivity contribution is 5.96. The molecule has 3 rings (SSSR count). The Kier molecular flexibility index (Phi) is 3.38. The van der Waals surface area contributed by atoms with E-state index >= 15 is 0 Å². The molecule has 2 atom stereocenters. The molecule has 2 aromatic rings. The maximum absolute atomic E-state index is 12.2. The first-order valence-electron chi connectivity index (χ1n) is 7.22. The number of hydrogen-bond acceptors (Lipinski definition) is 3. The molecule has 0 bridgehead atoms. The van der Waals surface area contributed by atoms with Gasteiger partial charge in [0.1, 0.15) is 5.58 Å². The summed E-state index contributed by atoms with van der Waals surface area (Å²) in [5, 5.41) is 3.94. The molecule has 0 radical (unpaired) electrons. The molecular formula is C16H20N2O2. The van der Waals surface area contributed by atoms with Crippen LogP contribution in [0.5, 0.6) is 0 Å². The van der Waals surface area contributed by atoms with Gasteiger partial charge in [-0.15, -0.1) is 0 Å². The van der Waals surface area contributed by atoms with Gasteiger partial charge < -0.3 is 15.5 Å². The predicted octanol–water partition coefficient (Wildman–Crippen LogP) is 3.32. The number of carbonyl (C=O) groups is 1. The number of nitrogen functional groups attached to an aromatic ring is 1. The van der Waals surface area contributed by atoms with Crippen molar-refractivity contribution < 1.29 is 9.21 Å². The van der Waals surface area contributed by atoms with Crippen molar-refractivity contribution in [3.8, 4) is 0 Å². The summed E-state index contributed by atoms with van der Waals surface area (Å²) in [6, 6.07) is 7.41. The lowest BCUT2D eigenvalue weighted by Gasteiger charge is -2.27. The van der Waals surface area contributed by atoms with Crippen LogP contribution in [-0.2, 0) is 0 Å². The topological polar surface area (TPSA) is 68.3 Å². The standard InChI is InChI=1S/C16H20N2O2/c1-10-3-2-4-13(7-10)18-16(19)15-9-11-8-12(17)5-6-14(11)20-15/h5-6,8-10,13H,2-4,7,17H2,1H3,(H,18,19). The molecule has 0 saturated heterocycles. The molecule has 1 heterocycles. The van der Waals surface area contributed by atoms with Crippen molar-refractivity contribution in [3.05, 3.63) is 30.0 Å². The van der Waals surface area contributed by atoms with Crippen LogP contribution in [0.3, 0.4) is 0 Å². The number of hydrogen-bond donors (Lipinski definition) is 2. The predicted molar refractivity (Wildman–Crippen MR) is 79.5 cm³/mol. The Morgan fingerprint density at radius 3 is 3.00 bits per heavy atom. The van der Waals surface area contributed by atoms with Crippen LogP contribution in [0.15, 0.2) is 28.7 Å². The van der Waals surface area contributed by atoms with E-state index in [0.717, 1.165) is 18.2 Å². The molecule has 2 unspecified atom stereocenters. The summed E-state index contributed by atoms with van der Waals surface area (Å²) in [6.07, 6.45) is 4.56.